The smallest absolute Gasteiger partial charge is 0.244 e. The summed E-state index contributed by atoms with van der Waals surface area (Å²) in [5.41, 5.74) is 1.60. The fourth-order valence-corrected chi connectivity index (χ4v) is 5.71. The molecule has 40 heavy (non-hydrogen) atoms. The van der Waals surface area contributed by atoms with Crippen LogP contribution in [0.2, 0.25) is 15.1 Å². The number of sulfonamides is 1. The first-order valence-electron chi connectivity index (χ1n) is 12.8. The van der Waals surface area contributed by atoms with Crippen LogP contribution in [-0.2, 0) is 32.6 Å². The van der Waals surface area contributed by atoms with Gasteiger partial charge >= 0.3 is 0 Å². The van der Waals surface area contributed by atoms with Crippen molar-refractivity contribution in [3.05, 3.63) is 99.0 Å². The highest BCUT2D eigenvalue weighted by Gasteiger charge is 2.33. The zero-order valence-electron chi connectivity index (χ0n) is 22.3. The molecule has 3 rings (SSSR count). The average molecular weight is 625 g/mol. The third-order valence-corrected chi connectivity index (χ3v) is 8.16. The van der Waals surface area contributed by atoms with Gasteiger partial charge in [0.05, 0.1) is 11.9 Å². The topological polar surface area (TPSA) is 86.8 Å². The summed E-state index contributed by atoms with van der Waals surface area (Å²) in [6.07, 6.45) is 2.88. The number of rotatable bonds is 13. The van der Waals surface area contributed by atoms with Gasteiger partial charge in [0, 0.05) is 34.6 Å². The first kappa shape index (κ1) is 31.7. The molecule has 1 N–H and O–H groups in total. The van der Waals surface area contributed by atoms with Crippen LogP contribution >= 0.6 is 34.8 Å². The van der Waals surface area contributed by atoms with Gasteiger partial charge in [-0.15, -0.1) is 0 Å². The number of benzene rings is 3. The molecule has 0 aliphatic rings. The quantitative estimate of drug-likeness (QED) is 0.238. The minimum atomic E-state index is -3.94. The number of nitrogens with zero attached hydrogens (tertiary/aromatic N) is 2. The molecule has 11 heteroatoms. The number of anilines is 1. The standard InChI is InChI=1S/C29H32Cl3N3O4S/c1-3-4-14-33-29(37)27(15-21-10-6-5-7-11-21)34(19-22-12-8-9-13-26(22)32)28(36)20-35(40(2,38)39)25-17-23(30)16-24(31)18-25/h5-13,16-18,27H,3-4,14-15,19-20H2,1-2H3,(H,33,37)/t27-/m0/s1. The van der Waals surface area contributed by atoms with E-state index in [-0.39, 0.29) is 34.6 Å². The molecule has 0 aliphatic heterocycles. The van der Waals surface area contributed by atoms with Gasteiger partial charge in [0.2, 0.25) is 21.8 Å². The number of carbonyl (C=O) groups excluding carboxylic acids is 2. The third kappa shape index (κ3) is 9.13. The van der Waals surface area contributed by atoms with Crippen molar-refractivity contribution in [2.24, 2.45) is 0 Å². The predicted octanol–water partition coefficient (Wildman–Crippen LogP) is 5.97. The third-order valence-electron chi connectivity index (χ3n) is 6.21. The van der Waals surface area contributed by atoms with E-state index in [2.05, 4.69) is 5.32 Å². The Hall–Kier alpha value is -2.78. The van der Waals surface area contributed by atoms with Gasteiger partial charge in [-0.1, -0.05) is 96.7 Å². The Morgan fingerprint density at radius 2 is 1.55 bits per heavy atom. The van der Waals surface area contributed by atoms with Gasteiger partial charge in [0.1, 0.15) is 12.6 Å². The highest BCUT2D eigenvalue weighted by Crippen LogP contribution is 2.28. The molecule has 214 valence electrons. The second-order valence-corrected chi connectivity index (χ2v) is 12.5. The number of carbonyl (C=O) groups is 2. The van der Waals surface area contributed by atoms with E-state index in [0.29, 0.717) is 17.1 Å². The highest BCUT2D eigenvalue weighted by atomic mass is 35.5. The summed E-state index contributed by atoms with van der Waals surface area (Å²) < 4.78 is 26.7. The second-order valence-electron chi connectivity index (χ2n) is 9.36. The van der Waals surface area contributed by atoms with Crippen molar-refractivity contribution in [2.45, 2.75) is 38.8 Å². The van der Waals surface area contributed by atoms with Gasteiger partial charge in [0.15, 0.2) is 0 Å². The van der Waals surface area contributed by atoms with E-state index < -0.39 is 28.5 Å². The number of halogens is 3. The van der Waals surface area contributed by atoms with Gasteiger partial charge < -0.3 is 10.2 Å². The van der Waals surface area contributed by atoms with Crippen LogP contribution in [0, 0.1) is 0 Å². The molecular weight excluding hydrogens is 593 g/mol. The summed E-state index contributed by atoms with van der Waals surface area (Å²) in [5, 5.41) is 3.79. The van der Waals surface area contributed by atoms with Crippen LogP contribution in [0.15, 0.2) is 72.8 Å². The SMILES string of the molecule is CCCCNC(=O)[C@H](Cc1ccccc1)N(Cc1ccccc1Cl)C(=O)CN(c1cc(Cl)cc(Cl)c1)S(C)(=O)=O. The van der Waals surface area contributed by atoms with Crippen LogP contribution in [0.4, 0.5) is 5.69 Å². The van der Waals surface area contributed by atoms with Crippen LogP contribution in [0.3, 0.4) is 0 Å². The molecule has 0 aliphatic carbocycles. The zero-order valence-corrected chi connectivity index (χ0v) is 25.4. The summed E-state index contributed by atoms with van der Waals surface area (Å²) in [6.45, 7) is 1.88. The number of hydrogen-bond acceptors (Lipinski definition) is 4. The first-order chi connectivity index (χ1) is 19.0. The predicted molar refractivity (Wildman–Crippen MR) is 163 cm³/mol. The fourth-order valence-electron chi connectivity index (χ4n) is 4.17. The maximum atomic E-state index is 14.1. The molecule has 0 fully saturated rings. The molecule has 0 bridgehead atoms. The zero-order chi connectivity index (χ0) is 29.3. The Morgan fingerprint density at radius 1 is 0.925 bits per heavy atom. The van der Waals surface area contributed by atoms with Crippen LogP contribution in [0.25, 0.3) is 0 Å². The monoisotopic (exact) mass is 623 g/mol. The lowest BCUT2D eigenvalue weighted by Gasteiger charge is -2.33. The van der Waals surface area contributed by atoms with Crippen molar-refractivity contribution in [1.82, 2.24) is 10.2 Å². The van der Waals surface area contributed by atoms with Gasteiger partial charge in [0.25, 0.3) is 0 Å². The lowest BCUT2D eigenvalue weighted by Crippen LogP contribution is -2.53. The van der Waals surface area contributed by atoms with Crippen LogP contribution in [0.1, 0.15) is 30.9 Å². The summed E-state index contributed by atoms with van der Waals surface area (Å²) in [6, 6.07) is 19.7. The Labute approximate surface area is 251 Å². The molecule has 0 saturated heterocycles. The van der Waals surface area contributed by atoms with Crippen LogP contribution in [0.5, 0.6) is 0 Å². The summed E-state index contributed by atoms with van der Waals surface area (Å²) in [5.74, 6) is -0.928. The van der Waals surface area contributed by atoms with Crippen molar-refractivity contribution in [1.29, 1.82) is 0 Å². The van der Waals surface area contributed by atoms with Crippen molar-refractivity contribution in [2.75, 3.05) is 23.7 Å². The Morgan fingerprint density at radius 3 is 2.15 bits per heavy atom. The second kappa shape index (κ2) is 14.7. The minimum absolute atomic E-state index is 0.00882. The molecule has 2 amide bonds. The Balaban J connectivity index is 2.06. The lowest BCUT2D eigenvalue weighted by atomic mass is 10.0. The average Bonchev–Trinajstić information content (AvgIpc) is 2.89. The van der Waals surface area contributed by atoms with E-state index in [4.69, 9.17) is 34.8 Å². The minimum Gasteiger partial charge on any atom is -0.354 e. The summed E-state index contributed by atoms with van der Waals surface area (Å²) >= 11 is 18.7. The molecule has 0 saturated carbocycles. The molecule has 0 spiro atoms. The maximum absolute atomic E-state index is 14.1. The summed E-state index contributed by atoms with van der Waals surface area (Å²) in [7, 11) is -3.94. The molecule has 3 aromatic carbocycles. The molecule has 1 atom stereocenters. The molecule has 0 aromatic heterocycles. The molecule has 0 unspecified atom stereocenters. The number of amides is 2. The molecule has 3 aromatic rings. The van der Waals surface area contributed by atoms with E-state index in [1.54, 1.807) is 24.3 Å². The van der Waals surface area contributed by atoms with Gasteiger partial charge in [-0.05, 0) is 41.8 Å². The normalized spacial score (nSPS) is 12.0. The fraction of sp³-hybridized carbons (Fsp3) is 0.310. The Kier molecular flexibility index (Phi) is 11.7. The van der Waals surface area contributed by atoms with E-state index in [0.717, 1.165) is 29.0 Å². The molecule has 7 nitrogen and oxygen atoms in total. The van der Waals surface area contributed by atoms with E-state index in [1.165, 1.54) is 23.1 Å². The number of nitrogens with one attached hydrogen (secondary N) is 1. The Bertz CT molecular complexity index is 1400. The summed E-state index contributed by atoms with van der Waals surface area (Å²) in [4.78, 5) is 29.0. The largest absolute Gasteiger partial charge is 0.354 e. The van der Waals surface area contributed by atoms with E-state index in [1.807, 2.05) is 37.3 Å². The van der Waals surface area contributed by atoms with Crippen LogP contribution < -0.4 is 9.62 Å². The maximum Gasteiger partial charge on any atom is 0.244 e. The number of unbranched alkanes of at least 4 members (excludes halogenated alkanes) is 1. The molecular formula is C29H32Cl3N3O4S. The van der Waals surface area contributed by atoms with Crippen molar-refractivity contribution in [3.63, 3.8) is 0 Å². The highest BCUT2D eigenvalue weighted by molar-refractivity contribution is 7.92. The number of hydrogen-bond donors (Lipinski definition) is 1. The lowest BCUT2D eigenvalue weighted by molar-refractivity contribution is -0.140. The molecule has 0 radical (unpaired) electrons. The van der Waals surface area contributed by atoms with Crippen molar-refractivity contribution < 1.29 is 18.0 Å². The van der Waals surface area contributed by atoms with E-state index >= 15 is 0 Å². The van der Waals surface area contributed by atoms with Crippen LogP contribution in [-0.4, -0.2) is 50.5 Å². The van der Waals surface area contributed by atoms with Crippen molar-refractivity contribution >= 4 is 62.3 Å². The van der Waals surface area contributed by atoms with Gasteiger partial charge in [-0.25, -0.2) is 8.42 Å². The van der Waals surface area contributed by atoms with Gasteiger partial charge in [-0.2, -0.15) is 0 Å². The van der Waals surface area contributed by atoms with E-state index in [9.17, 15) is 18.0 Å². The first-order valence-corrected chi connectivity index (χ1v) is 15.8. The van der Waals surface area contributed by atoms with Gasteiger partial charge in [-0.3, -0.25) is 13.9 Å². The molecule has 0 heterocycles. The van der Waals surface area contributed by atoms with Crippen molar-refractivity contribution in [3.8, 4) is 0 Å².